The second kappa shape index (κ2) is 12.8. The molecule has 1 saturated carbocycles. The highest BCUT2D eigenvalue weighted by Crippen LogP contribution is 2.65. The summed E-state index contributed by atoms with van der Waals surface area (Å²) in [5, 5.41) is 51.8. The van der Waals surface area contributed by atoms with Crippen LogP contribution in [0.3, 0.4) is 0 Å². The number of aliphatic imine (C=N–C) groups is 1. The molecular weight excluding hydrogens is 560 g/mol. The number of nitrogens with zero attached hydrogens (tertiary/aromatic N) is 1. The van der Waals surface area contributed by atoms with Gasteiger partial charge in [-0.3, -0.25) is 24.0 Å². The summed E-state index contributed by atoms with van der Waals surface area (Å²) in [4.78, 5) is 64.9. The fourth-order valence-electron chi connectivity index (χ4n) is 6.76. The van der Waals surface area contributed by atoms with Gasteiger partial charge in [0, 0.05) is 22.4 Å². The van der Waals surface area contributed by atoms with Crippen LogP contribution in [0.5, 0.6) is 0 Å². The number of carboxylic acids is 5. The summed E-state index contributed by atoms with van der Waals surface area (Å²) in [6, 6.07) is 5.50. The molecular formula is C26H34N4O10S. The summed E-state index contributed by atoms with van der Waals surface area (Å²) in [6.45, 7) is 0. The van der Waals surface area contributed by atoms with Gasteiger partial charge in [-0.25, -0.2) is 0 Å². The lowest BCUT2D eigenvalue weighted by molar-refractivity contribution is -0.191. The van der Waals surface area contributed by atoms with Crippen LogP contribution in [-0.2, 0) is 30.4 Å². The van der Waals surface area contributed by atoms with E-state index in [1.54, 1.807) is 24.3 Å². The fourth-order valence-corrected chi connectivity index (χ4v) is 6.87. The molecule has 2 rings (SSSR count). The third kappa shape index (κ3) is 6.77. The molecule has 0 aromatic heterocycles. The van der Waals surface area contributed by atoms with Crippen molar-refractivity contribution < 1.29 is 49.5 Å². The van der Waals surface area contributed by atoms with E-state index >= 15 is 0 Å². The predicted octanol–water partition coefficient (Wildman–Crippen LogP) is 1.22. The molecule has 41 heavy (non-hydrogen) atoms. The van der Waals surface area contributed by atoms with Crippen LogP contribution in [0.25, 0.3) is 0 Å². The van der Waals surface area contributed by atoms with E-state index in [4.69, 9.17) is 17.2 Å². The first kappa shape index (κ1) is 33.5. The van der Waals surface area contributed by atoms with Crippen LogP contribution in [0.1, 0.15) is 56.9 Å². The van der Waals surface area contributed by atoms with Gasteiger partial charge in [0.1, 0.15) is 0 Å². The minimum atomic E-state index is -2.52. The molecule has 1 aliphatic carbocycles. The number of carbonyl (C=O) groups is 5. The third-order valence-corrected chi connectivity index (χ3v) is 8.64. The zero-order valence-corrected chi connectivity index (χ0v) is 22.9. The van der Waals surface area contributed by atoms with Gasteiger partial charge in [-0.15, -0.1) is 0 Å². The maximum absolute atomic E-state index is 12.4. The quantitative estimate of drug-likeness (QED) is 0.105. The van der Waals surface area contributed by atoms with Gasteiger partial charge in [0.15, 0.2) is 0 Å². The van der Waals surface area contributed by atoms with Gasteiger partial charge in [-0.2, -0.15) is 4.99 Å². The number of nitrogens with two attached hydrogens (primary N) is 3. The van der Waals surface area contributed by atoms with Gasteiger partial charge in [0.05, 0.1) is 48.5 Å². The predicted molar refractivity (Wildman–Crippen MR) is 147 cm³/mol. The van der Waals surface area contributed by atoms with Crippen molar-refractivity contribution in [3.05, 3.63) is 29.8 Å². The second-order valence-electron chi connectivity index (χ2n) is 10.7. The summed E-state index contributed by atoms with van der Waals surface area (Å²) in [7, 11) is 0. The van der Waals surface area contributed by atoms with Crippen LogP contribution in [0.15, 0.2) is 29.3 Å². The van der Waals surface area contributed by atoms with E-state index in [0.717, 1.165) is 5.56 Å². The van der Waals surface area contributed by atoms with Gasteiger partial charge < -0.3 is 42.7 Å². The van der Waals surface area contributed by atoms with E-state index in [2.05, 4.69) is 22.4 Å². The van der Waals surface area contributed by atoms with E-state index in [9.17, 15) is 49.5 Å². The van der Waals surface area contributed by atoms with E-state index in [1.807, 2.05) is 0 Å². The Hall–Kier alpha value is -3.75. The molecule has 0 heterocycles. The summed E-state index contributed by atoms with van der Waals surface area (Å²) >= 11 is 4.58. The Morgan fingerprint density at radius 2 is 1.29 bits per heavy atom. The van der Waals surface area contributed by atoms with Crippen LogP contribution in [0.4, 0.5) is 5.69 Å². The maximum Gasteiger partial charge on any atom is 0.305 e. The van der Waals surface area contributed by atoms with Crippen LogP contribution in [0, 0.1) is 10.8 Å². The molecule has 0 aliphatic heterocycles. The molecule has 1 aromatic carbocycles. The minimum Gasteiger partial charge on any atom is -0.481 e. The molecule has 0 bridgehead atoms. The lowest BCUT2D eigenvalue weighted by Crippen LogP contribution is -2.82. The summed E-state index contributed by atoms with van der Waals surface area (Å²) in [5.74, 6) is -7.76. The zero-order valence-electron chi connectivity index (χ0n) is 22.1. The van der Waals surface area contributed by atoms with Gasteiger partial charge in [0.25, 0.3) is 0 Å². The molecule has 11 N–H and O–H groups in total. The highest BCUT2D eigenvalue weighted by atomic mass is 32.1. The highest BCUT2D eigenvalue weighted by molar-refractivity contribution is 7.78. The molecule has 224 valence electrons. The van der Waals surface area contributed by atoms with Crippen molar-refractivity contribution in [1.82, 2.24) is 0 Å². The number of rotatable bonds is 15. The third-order valence-electron chi connectivity index (χ3n) is 8.55. The van der Waals surface area contributed by atoms with Gasteiger partial charge in [-0.05, 0) is 55.6 Å². The van der Waals surface area contributed by atoms with E-state index in [0.29, 0.717) is 5.69 Å². The smallest absolute Gasteiger partial charge is 0.305 e. The number of isothiocyanates is 1. The number of benzene rings is 1. The number of hydrogen-bond donors (Lipinski definition) is 8. The van der Waals surface area contributed by atoms with Crippen LogP contribution < -0.4 is 17.2 Å². The van der Waals surface area contributed by atoms with Gasteiger partial charge in [-0.1, -0.05) is 12.1 Å². The zero-order chi connectivity index (χ0) is 31.2. The first-order valence-electron chi connectivity index (χ1n) is 12.6. The molecule has 0 amide bonds. The van der Waals surface area contributed by atoms with Crippen molar-refractivity contribution >= 4 is 52.9 Å². The van der Waals surface area contributed by atoms with Crippen LogP contribution in [0.2, 0.25) is 0 Å². The summed E-state index contributed by atoms with van der Waals surface area (Å²) in [5.41, 5.74) is 12.2. The molecule has 0 radical (unpaired) electrons. The molecule has 1 fully saturated rings. The topological polar surface area (TPSA) is 277 Å². The van der Waals surface area contributed by atoms with E-state index in [1.165, 1.54) is 0 Å². The van der Waals surface area contributed by atoms with Crippen LogP contribution >= 0.6 is 12.2 Å². The van der Waals surface area contributed by atoms with Crippen molar-refractivity contribution in [2.75, 3.05) is 0 Å². The Bertz CT molecular complexity index is 1240. The molecule has 14 nitrogen and oxygen atoms in total. The summed E-state index contributed by atoms with van der Waals surface area (Å²) < 4.78 is 0. The van der Waals surface area contributed by atoms with Crippen molar-refractivity contribution in [2.24, 2.45) is 33.0 Å². The molecule has 15 heteroatoms. The Labute approximate surface area is 240 Å². The van der Waals surface area contributed by atoms with Gasteiger partial charge in [0.2, 0.25) is 0 Å². The van der Waals surface area contributed by atoms with E-state index < -0.39 is 89.9 Å². The normalized spacial score (nSPS) is 25.8. The second-order valence-corrected chi connectivity index (χ2v) is 10.9. The highest BCUT2D eigenvalue weighted by Gasteiger charge is 2.73. The van der Waals surface area contributed by atoms with Crippen molar-refractivity contribution in [2.45, 2.75) is 74.9 Å². The first-order chi connectivity index (χ1) is 19.0. The standard InChI is InChI=1S/C26H34N4O10S/c27-17(6-3-15-1-4-16(5-2-15)30-14-41)23(9-18(31)32)7-8-25(28,12-21(37)38)26(29,13-22(39)40)24(23,10-19(33)34)11-20(35)36/h1-2,4-5,17H,3,6-13,27-29H2,(H,31,32)(H,33,34)(H,35,36)(H,37,38)(H,39,40)/t17-,23+,25-,26+/m0/s1. The van der Waals surface area contributed by atoms with Crippen molar-refractivity contribution in [1.29, 1.82) is 0 Å². The lowest BCUT2D eigenvalue weighted by Gasteiger charge is -2.68. The lowest BCUT2D eigenvalue weighted by atomic mass is 9.38. The molecule has 4 atom stereocenters. The average molecular weight is 595 g/mol. The fraction of sp³-hybridized carbons (Fsp3) is 0.538. The van der Waals surface area contributed by atoms with Crippen LogP contribution in [-0.4, -0.2) is 77.7 Å². The van der Waals surface area contributed by atoms with Crippen molar-refractivity contribution in [3.8, 4) is 0 Å². The number of carboxylic acid groups (broad SMARTS) is 5. The number of aryl methyl sites for hydroxylation is 1. The average Bonchev–Trinajstić information content (AvgIpc) is 2.83. The Balaban J connectivity index is 2.84. The van der Waals surface area contributed by atoms with Crippen molar-refractivity contribution in [3.63, 3.8) is 0 Å². The molecule has 0 spiro atoms. The number of hydrogen-bond acceptors (Lipinski definition) is 10. The van der Waals surface area contributed by atoms with Gasteiger partial charge >= 0.3 is 29.8 Å². The largest absolute Gasteiger partial charge is 0.481 e. The number of thiocarbonyl (C=S) groups is 1. The monoisotopic (exact) mass is 594 g/mol. The Kier molecular flexibility index (Phi) is 10.5. The number of aliphatic carboxylic acids is 5. The Morgan fingerprint density at radius 3 is 1.73 bits per heavy atom. The molecule has 1 aliphatic rings. The minimum absolute atomic E-state index is 0.0176. The first-order valence-corrected chi connectivity index (χ1v) is 13.0. The SMILES string of the molecule is N[C@@H](CCc1ccc(N=C=S)cc1)[C@]1(CC(=O)O)CC[C@](N)(CC(=O)O)[C@@](N)(CC(=O)O)C1(CC(=O)O)CC(=O)O. The maximum atomic E-state index is 12.4. The Morgan fingerprint density at radius 1 is 0.805 bits per heavy atom. The molecule has 0 unspecified atom stereocenters. The molecule has 0 saturated heterocycles. The summed E-state index contributed by atoms with van der Waals surface area (Å²) in [6.07, 6.45) is -5.57. The van der Waals surface area contributed by atoms with E-state index in [-0.39, 0.29) is 25.7 Å². The molecule has 1 aromatic rings.